The number of carbonyl (C=O) groups excluding carboxylic acids is 1. The summed E-state index contributed by atoms with van der Waals surface area (Å²) >= 11 is 1.80. The number of hydrogen-bond acceptors (Lipinski definition) is 4. The number of rotatable bonds is 6. The van der Waals surface area contributed by atoms with Crippen LogP contribution < -0.4 is 11.1 Å². The van der Waals surface area contributed by atoms with Crippen LogP contribution in [-0.2, 0) is 6.42 Å². The lowest BCUT2D eigenvalue weighted by molar-refractivity contribution is 0.0953. The van der Waals surface area contributed by atoms with Gasteiger partial charge in [0.1, 0.15) is 5.82 Å². The van der Waals surface area contributed by atoms with Crippen LogP contribution in [0.25, 0.3) is 0 Å². The molecule has 0 spiro atoms. The maximum absolute atomic E-state index is 11.9. The fourth-order valence-electron chi connectivity index (χ4n) is 1.53. The van der Waals surface area contributed by atoms with Crippen molar-refractivity contribution in [2.75, 3.05) is 18.5 Å². The Kier molecular flexibility index (Phi) is 5.98. The van der Waals surface area contributed by atoms with Gasteiger partial charge in [-0.2, -0.15) is 11.8 Å². The summed E-state index contributed by atoms with van der Waals surface area (Å²) in [5, 5.41) is 3.46. The first-order valence-electron chi connectivity index (χ1n) is 6.14. The highest BCUT2D eigenvalue weighted by Gasteiger charge is 2.08. The Morgan fingerprint density at radius 3 is 2.89 bits per heavy atom. The van der Waals surface area contributed by atoms with Crippen LogP contribution in [0.4, 0.5) is 5.82 Å². The van der Waals surface area contributed by atoms with Crippen molar-refractivity contribution >= 4 is 23.5 Å². The van der Waals surface area contributed by atoms with Crippen molar-refractivity contribution < 1.29 is 4.79 Å². The second-order valence-corrected chi connectivity index (χ2v) is 5.49. The normalized spacial score (nSPS) is 12.2. The van der Waals surface area contributed by atoms with Gasteiger partial charge in [-0.05, 0) is 31.2 Å². The molecule has 1 unspecified atom stereocenters. The van der Waals surface area contributed by atoms with Crippen LogP contribution in [0.1, 0.15) is 36.3 Å². The van der Waals surface area contributed by atoms with Gasteiger partial charge < -0.3 is 11.1 Å². The van der Waals surface area contributed by atoms with Crippen molar-refractivity contribution in [3.63, 3.8) is 0 Å². The van der Waals surface area contributed by atoms with Gasteiger partial charge in [-0.15, -0.1) is 0 Å². The van der Waals surface area contributed by atoms with Crippen molar-refractivity contribution in [2.24, 2.45) is 0 Å². The molecule has 0 aliphatic carbocycles. The van der Waals surface area contributed by atoms with Crippen LogP contribution in [0.2, 0.25) is 0 Å². The number of nitrogen functional groups attached to an aromatic ring is 1. The molecule has 1 aromatic heterocycles. The van der Waals surface area contributed by atoms with E-state index in [1.807, 2.05) is 6.92 Å². The van der Waals surface area contributed by atoms with Gasteiger partial charge >= 0.3 is 0 Å². The summed E-state index contributed by atoms with van der Waals surface area (Å²) in [4.78, 5) is 16.1. The van der Waals surface area contributed by atoms with Crippen molar-refractivity contribution in [1.29, 1.82) is 0 Å². The molecule has 0 fully saturated rings. The molecule has 0 aliphatic heterocycles. The van der Waals surface area contributed by atoms with Gasteiger partial charge in [0.15, 0.2) is 0 Å². The third-order valence-electron chi connectivity index (χ3n) is 2.76. The van der Waals surface area contributed by atoms with Crippen LogP contribution >= 0.6 is 11.8 Å². The number of nitrogens with zero attached hydrogens (tertiary/aromatic N) is 1. The Morgan fingerprint density at radius 1 is 1.56 bits per heavy atom. The summed E-state index contributed by atoms with van der Waals surface area (Å²) in [5.74, 6) is 0.323. The molecular formula is C13H21N3OS. The predicted octanol–water partition coefficient (Wildman–Crippen LogP) is 2.10. The summed E-state index contributed by atoms with van der Waals surface area (Å²) in [6.07, 6.45) is 3.81. The van der Waals surface area contributed by atoms with Crippen LogP contribution in [0.15, 0.2) is 12.1 Å². The van der Waals surface area contributed by atoms with Crippen molar-refractivity contribution in [3.05, 3.63) is 23.4 Å². The molecule has 1 heterocycles. The molecule has 100 valence electrons. The number of hydrogen-bond donors (Lipinski definition) is 2. The van der Waals surface area contributed by atoms with E-state index in [1.54, 1.807) is 23.9 Å². The highest BCUT2D eigenvalue weighted by Crippen LogP contribution is 2.10. The van der Waals surface area contributed by atoms with E-state index in [9.17, 15) is 4.79 Å². The molecule has 1 amide bonds. The van der Waals surface area contributed by atoms with Crippen LogP contribution in [0, 0.1) is 0 Å². The molecule has 5 heteroatoms. The monoisotopic (exact) mass is 267 g/mol. The summed E-state index contributed by atoms with van der Waals surface area (Å²) in [6.45, 7) is 4.82. The molecule has 0 radical (unpaired) electrons. The van der Waals surface area contributed by atoms with E-state index in [0.717, 1.165) is 18.5 Å². The number of carbonyl (C=O) groups is 1. The zero-order valence-electron chi connectivity index (χ0n) is 11.2. The van der Waals surface area contributed by atoms with Gasteiger partial charge in [-0.3, -0.25) is 4.79 Å². The maximum Gasteiger partial charge on any atom is 0.251 e. The first kappa shape index (κ1) is 14.8. The molecule has 1 atom stereocenters. The molecule has 0 saturated heterocycles. The topological polar surface area (TPSA) is 68.0 Å². The van der Waals surface area contributed by atoms with E-state index in [0.29, 0.717) is 23.2 Å². The molecule has 0 aromatic carbocycles. The summed E-state index contributed by atoms with van der Waals surface area (Å²) in [6, 6.07) is 3.41. The van der Waals surface area contributed by atoms with E-state index >= 15 is 0 Å². The third-order valence-corrected chi connectivity index (χ3v) is 3.80. The SMILES string of the molecule is CCc1cc(C(=O)NCCC(C)SC)cc(N)n1. The molecule has 18 heavy (non-hydrogen) atoms. The Balaban J connectivity index is 2.58. The molecule has 0 bridgehead atoms. The lowest BCUT2D eigenvalue weighted by Crippen LogP contribution is -2.26. The fraction of sp³-hybridized carbons (Fsp3) is 0.538. The Bertz CT molecular complexity index is 409. The Labute approximate surface area is 113 Å². The summed E-state index contributed by atoms with van der Waals surface area (Å²) in [5.41, 5.74) is 7.12. The minimum Gasteiger partial charge on any atom is -0.384 e. The number of pyridine rings is 1. The van der Waals surface area contributed by atoms with Gasteiger partial charge in [0.25, 0.3) is 5.91 Å². The number of nitrogens with one attached hydrogen (secondary N) is 1. The lowest BCUT2D eigenvalue weighted by atomic mass is 10.2. The second kappa shape index (κ2) is 7.26. The number of nitrogens with two attached hydrogens (primary N) is 1. The van der Waals surface area contributed by atoms with E-state index in [1.165, 1.54) is 0 Å². The summed E-state index contributed by atoms with van der Waals surface area (Å²) in [7, 11) is 0. The third kappa shape index (κ3) is 4.56. The zero-order valence-corrected chi connectivity index (χ0v) is 12.0. The molecule has 1 aromatic rings. The standard InChI is InChI=1S/C13H21N3OS/c1-4-11-7-10(8-12(14)16-11)13(17)15-6-5-9(2)18-3/h7-9H,4-6H2,1-3H3,(H2,14,16)(H,15,17). The molecule has 3 N–H and O–H groups in total. The first-order valence-corrected chi connectivity index (χ1v) is 7.43. The van der Waals surface area contributed by atoms with Gasteiger partial charge in [0.05, 0.1) is 0 Å². The van der Waals surface area contributed by atoms with E-state index < -0.39 is 0 Å². The average Bonchev–Trinajstić information content (AvgIpc) is 2.37. The molecular weight excluding hydrogens is 246 g/mol. The second-order valence-electron chi connectivity index (χ2n) is 4.22. The molecule has 0 saturated carbocycles. The van der Waals surface area contributed by atoms with E-state index in [4.69, 9.17) is 5.73 Å². The number of anilines is 1. The molecule has 1 rings (SSSR count). The van der Waals surface area contributed by atoms with Crippen LogP contribution in [0.3, 0.4) is 0 Å². The predicted molar refractivity (Wildman–Crippen MR) is 78.0 cm³/mol. The van der Waals surface area contributed by atoms with Gasteiger partial charge in [-0.25, -0.2) is 4.98 Å². The maximum atomic E-state index is 11.9. The highest BCUT2D eigenvalue weighted by molar-refractivity contribution is 7.99. The minimum absolute atomic E-state index is 0.0768. The number of aryl methyl sites for hydroxylation is 1. The number of aromatic nitrogens is 1. The molecule has 0 aliphatic rings. The first-order chi connectivity index (χ1) is 8.56. The van der Waals surface area contributed by atoms with Gasteiger partial charge in [0.2, 0.25) is 0 Å². The molecule has 4 nitrogen and oxygen atoms in total. The van der Waals surface area contributed by atoms with Crippen molar-refractivity contribution in [3.8, 4) is 0 Å². The van der Waals surface area contributed by atoms with Crippen molar-refractivity contribution in [2.45, 2.75) is 31.9 Å². The quantitative estimate of drug-likeness (QED) is 0.828. The average molecular weight is 267 g/mol. The van der Waals surface area contributed by atoms with Gasteiger partial charge in [0, 0.05) is 23.1 Å². The largest absolute Gasteiger partial charge is 0.384 e. The zero-order chi connectivity index (χ0) is 13.5. The minimum atomic E-state index is -0.0768. The highest BCUT2D eigenvalue weighted by atomic mass is 32.2. The van der Waals surface area contributed by atoms with E-state index in [-0.39, 0.29) is 5.91 Å². The van der Waals surface area contributed by atoms with Crippen LogP contribution in [-0.4, -0.2) is 28.9 Å². The van der Waals surface area contributed by atoms with E-state index in [2.05, 4.69) is 23.5 Å². The Morgan fingerprint density at radius 2 is 2.28 bits per heavy atom. The number of thioether (sulfide) groups is 1. The van der Waals surface area contributed by atoms with Gasteiger partial charge in [-0.1, -0.05) is 13.8 Å². The van der Waals surface area contributed by atoms with Crippen LogP contribution in [0.5, 0.6) is 0 Å². The Hall–Kier alpha value is -1.23. The summed E-state index contributed by atoms with van der Waals surface area (Å²) < 4.78 is 0. The lowest BCUT2D eigenvalue weighted by Gasteiger charge is -2.10. The number of amides is 1. The van der Waals surface area contributed by atoms with Crippen molar-refractivity contribution in [1.82, 2.24) is 10.3 Å². The smallest absolute Gasteiger partial charge is 0.251 e. The fourth-order valence-corrected chi connectivity index (χ4v) is 1.89.